The van der Waals surface area contributed by atoms with Crippen molar-refractivity contribution >= 4 is 5.91 Å². The zero-order valence-electron chi connectivity index (χ0n) is 9.81. The molecule has 0 bridgehead atoms. The summed E-state index contributed by atoms with van der Waals surface area (Å²) in [6.45, 7) is 8.62. The van der Waals surface area contributed by atoms with E-state index in [0.717, 1.165) is 32.4 Å². The molecule has 0 unspecified atom stereocenters. The van der Waals surface area contributed by atoms with Gasteiger partial charge in [0.05, 0.1) is 0 Å². The van der Waals surface area contributed by atoms with E-state index in [9.17, 15) is 4.79 Å². The quantitative estimate of drug-likeness (QED) is 0.666. The lowest BCUT2D eigenvalue weighted by molar-refractivity contribution is -0.131. The Morgan fingerprint density at radius 1 is 1.29 bits per heavy atom. The molecule has 0 aromatic heterocycles. The van der Waals surface area contributed by atoms with Gasteiger partial charge in [-0.2, -0.15) is 0 Å². The van der Waals surface area contributed by atoms with E-state index < -0.39 is 0 Å². The first-order valence-corrected chi connectivity index (χ1v) is 5.83. The number of carbonyl (C=O) groups excluding carboxylic acids is 1. The highest BCUT2D eigenvalue weighted by molar-refractivity contribution is 5.76. The molecule has 82 valence electrons. The molecule has 1 aliphatic heterocycles. The monoisotopic (exact) mass is 197 g/mol. The second-order valence-electron chi connectivity index (χ2n) is 5.15. The summed E-state index contributed by atoms with van der Waals surface area (Å²) in [5, 5.41) is 0. The molecule has 0 spiro atoms. The summed E-state index contributed by atoms with van der Waals surface area (Å²) in [5.74, 6) is 0.352. The van der Waals surface area contributed by atoms with Gasteiger partial charge >= 0.3 is 0 Å². The van der Waals surface area contributed by atoms with Crippen LogP contribution in [-0.2, 0) is 4.79 Å². The summed E-state index contributed by atoms with van der Waals surface area (Å²) in [7, 11) is 0. The average Bonchev–Trinajstić information content (AvgIpc) is 2.27. The van der Waals surface area contributed by atoms with Gasteiger partial charge in [-0.1, -0.05) is 20.8 Å². The fourth-order valence-corrected chi connectivity index (χ4v) is 2.04. The van der Waals surface area contributed by atoms with Gasteiger partial charge in [-0.3, -0.25) is 4.79 Å². The second kappa shape index (κ2) is 4.81. The summed E-state index contributed by atoms with van der Waals surface area (Å²) >= 11 is 0. The van der Waals surface area contributed by atoms with E-state index in [1.807, 2.05) is 0 Å². The number of rotatable bonds is 2. The van der Waals surface area contributed by atoms with E-state index in [1.165, 1.54) is 12.8 Å². The van der Waals surface area contributed by atoms with Gasteiger partial charge in [0.1, 0.15) is 0 Å². The Bertz CT molecular complexity index is 198. The average molecular weight is 197 g/mol. The third kappa shape index (κ3) is 3.32. The molecule has 2 heteroatoms. The summed E-state index contributed by atoms with van der Waals surface area (Å²) in [5.41, 5.74) is 0.432. The van der Waals surface area contributed by atoms with Gasteiger partial charge in [-0.05, 0) is 31.1 Å². The molecule has 14 heavy (non-hydrogen) atoms. The molecule has 1 saturated heterocycles. The zero-order valence-corrected chi connectivity index (χ0v) is 9.81. The third-order valence-corrected chi connectivity index (χ3v) is 3.16. The third-order valence-electron chi connectivity index (χ3n) is 3.16. The highest BCUT2D eigenvalue weighted by Crippen LogP contribution is 2.29. The van der Waals surface area contributed by atoms with Crippen molar-refractivity contribution in [3.8, 4) is 0 Å². The lowest BCUT2D eigenvalue weighted by Crippen LogP contribution is -2.32. The number of nitrogens with zero attached hydrogens (tertiary/aromatic N) is 1. The molecule has 0 aromatic carbocycles. The van der Waals surface area contributed by atoms with Crippen LogP contribution < -0.4 is 0 Å². The largest absolute Gasteiger partial charge is 0.343 e. The molecule has 0 atom stereocenters. The first-order chi connectivity index (χ1) is 6.55. The first-order valence-electron chi connectivity index (χ1n) is 5.83. The Balaban J connectivity index is 2.45. The zero-order chi connectivity index (χ0) is 10.6. The molecule has 1 rings (SSSR count). The van der Waals surface area contributed by atoms with Crippen LogP contribution in [0.3, 0.4) is 0 Å². The van der Waals surface area contributed by atoms with E-state index in [1.54, 1.807) is 0 Å². The molecule has 1 fully saturated rings. The van der Waals surface area contributed by atoms with Gasteiger partial charge in [0.15, 0.2) is 0 Å². The minimum absolute atomic E-state index is 0.352. The standard InChI is InChI=1S/C12H23NO/c1-4-6-11(14)13-9-5-7-12(2,3)8-10-13/h4-10H2,1-3H3. The Labute approximate surface area is 87.7 Å². The molecule has 0 radical (unpaired) electrons. The van der Waals surface area contributed by atoms with Crippen molar-refractivity contribution in [3.05, 3.63) is 0 Å². The Morgan fingerprint density at radius 2 is 2.00 bits per heavy atom. The predicted octanol–water partition coefficient (Wildman–Crippen LogP) is 2.83. The Hall–Kier alpha value is -0.530. The number of likely N-dealkylation sites (tertiary alicyclic amines) is 1. The maximum Gasteiger partial charge on any atom is 0.222 e. The number of amides is 1. The molecule has 0 saturated carbocycles. The SMILES string of the molecule is CCCC(=O)N1CCCC(C)(C)CC1. The van der Waals surface area contributed by atoms with Crippen LogP contribution in [0.5, 0.6) is 0 Å². The molecular formula is C12H23NO. The van der Waals surface area contributed by atoms with Crippen LogP contribution in [0.15, 0.2) is 0 Å². The first kappa shape index (κ1) is 11.5. The minimum Gasteiger partial charge on any atom is -0.343 e. The molecule has 1 amide bonds. The van der Waals surface area contributed by atoms with Gasteiger partial charge in [0.2, 0.25) is 5.91 Å². The van der Waals surface area contributed by atoms with E-state index in [0.29, 0.717) is 11.3 Å². The van der Waals surface area contributed by atoms with Crippen molar-refractivity contribution in [2.24, 2.45) is 5.41 Å². The topological polar surface area (TPSA) is 20.3 Å². The summed E-state index contributed by atoms with van der Waals surface area (Å²) in [6.07, 6.45) is 5.27. The molecule has 0 aliphatic carbocycles. The maximum absolute atomic E-state index is 11.7. The molecule has 1 heterocycles. The van der Waals surface area contributed by atoms with Gasteiger partial charge in [-0.15, -0.1) is 0 Å². The van der Waals surface area contributed by atoms with Gasteiger partial charge in [0, 0.05) is 19.5 Å². The van der Waals surface area contributed by atoms with Gasteiger partial charge in [-0.25, -0.2) is 0 Å². The van der Waals surface area contributed by atoms with Crippen LogP contribution in [0.2, 0.25) is 0 Å². The smallest absolute Gasteiger partial charge is 0.222 e. The van der Waals surface area contributed by atoms with Crippen molar-refractivity contribution in [1.29, 1.82) is 0 Å². The molecule has 1 aliphatic rings. The Morgan fingerprint density at radius 3 is 2.64 bits per heavy atom. The molecule has 0 aromatic rings. The van der Waals surface area contributed by atoms with Gasteiger partial charge in [0.25, 0.3) is 0 Å². The minimum atomic E-state index is 0.352. The summed E-state index contributed by atoms with van der Waals surface area (Å²) < 4.78 is 0. The summed E-state index contributed by atoms with van der Waals surface area (Å²) in [4.78, 5) is 13.7. The van der Waals surface area contributed by atoms with Crippen LogP contribution in [0, 0.1) is 5.41 Å². The number of carbonyl (C=O) groups is 1. The number of hydrogen-bond acceptors (Lipinski definition) is 1. The van der Waals surface area contributed by atoms with E-state index in [2.05, 4.69) is 25.7 Å². The van der Waals surface area contributed by atoms with Crippen LogP contribution in [0.1, 0.15) is 52.9 Å². The highest BCUT2D eigenvalue weighted by Gasteiger charge is 2.24. The van der Waals surface area contributed by atoms with Crippen molar-refractivity contribution in [2.45, 2.75) is 52.9 Å². The molecule has 2 nitrogen and oxygen atoms in total. The number of hydrogen-bond donors (Lipinski definition) is 0. The van der Waals surface area contributed by atoms with Crippen molar-refractivity contribution < 1.29 is 4.79 Å². The normalized spacial score (nSPS) is 21.8. The summed E-state index contributed by atoms with van der Waals surface area (Å²) in [6, 6.07) is 0. The maximum atomic E-state index is 11.7. The van der Waals surface area contributed by atoms with E-state index in [4.69, 9.17) is 0 Å². The van der Waals surface area contributed by atoms with E-state index in [-0.39, 0.29) is 0 Å². The lowest BCUT2D eigenvalue weighted by atomic mass is 9.85. The van der Waals surface area contributed by atoms with E-state index >= 15 is 0 Å². The van der Waals surface area contributed by atoms with Crippen molar-refractivity contribution in [2.75, 3.05) is 13.1 Å². The lowest BCUT2D eigenvalue weighted by Gasteiger charge is -2.23. The highest BCUT2D eigenvalue weighted by atomic mass is 16.2. The Kier molecular flexibility index (Phi) is 3.97. The van der Waals surface area contributed by atoms with Crippen LogP contribution in [-0.4, -0.2) is 23.9 Å². The van der Waals surface area contributed by atoms with Crippen LogP contribution in [0.4, 0.5) is 0 Å². The van der Waals surface area contributed by atoms with Gasteiger partial charge < -0.3 is 4.90 Å². The molecular weight excluding hydrogens is 174 g/mol. The second-order valence-corrected chi connectivity index (χ2v) is 5.15. The van der Waals surface area contributed by atoms with Crippen LogP contribution in [0.25, 0.3) is 0 Å². The van der Waals surface area contributed by atoms with Crippen LogP contribution >= 0.6 is 0 Å². The fourth-order valence-electron chi connectivity index (χ4n) is 2.04. The molecule has 0 N–H and O–H groups in total. The predicted molar refractivity (Wildman–Crippen MR) is 59.1 cm³/mol. The van der Waals surface area contributed by atoms with Crippen molar-refractivity contribution in [3.63, 3.8) is 0 Å². The van der Waals surface area contributed by atoms with Crippen molar-refractivity contribution in [1.82, 2.24) is 4.90 Å². The fraction of sp³-hybridized carbons (Fsp3) is 0.917.